The van der Waals surface area contributed by atoms with Gasteiger partial charge in [0.25, 0.3) is 5.91 Å². The molecule has 3 aromatic carbocycles. The zero-order valence-corrected chi connectivity index (χ0v) is 19.9. The lowest BCUT2D eigenvalue weighted by Gasteiger charge is -2.11. The molecule has 0 atom stereocenters. The van der Waals surface area contributed by atoms with Crippen LogP contribution in [0.3, 0.4) is 0 Å². The number of halogens is 1. The van der Waals surface area contributed by atoms with E-state index in [1.807, 2.05) is 59.2 Å². The van der Waals surface area contributed by atoms with E-state index in [1.54, 1.807) is 31.3 Å². The van der Waals surface area contributed by atoms with E-state index in [0.29, 0.717) is 27.9 Å². The Morgan fingerprint density at radius 2 is 1.65 bits per heavy atom. The van der Waals surface area contributed by atoms with E-state index in [2.05, 4.69) is 20.8 Å². The van der Waals surface area contributed by atoms with Crippen molar-refractivity contribution < 1.29 is 9.59 Å². The summed E-state index contributed by atoms with van der Waals surface area (Å²) in [6.07, 6.45) is 0.598. The topological polar surface area (TPSA) is 88.9 Å². The average molecular weight is 492 g/mol. The van der Waals surface area contributed by atoms with Crippen LogP contribution in [-0.2, 0) is 11.2 Å². The van der Waals surface area contributed by atoms with Gasteiger partial charge in [-0.25, -0.2) is 0 Å². The smallest absolute Gasteiger partial charge is 0.251 e. The molecule has 0 spiro atoms. The Labute approximate surface area is 206 Å². The van der Waals surface area contributed by atoms with Crippen molar-refractivity contribution in [1.82, 2.24) is 20.1 Å². The number of benzene rings is 3. The molecule has 0 aliphatic carbocycles. The van der Waals surface area contributed by atoms with E-state index in [0.717, 1.165) is 17.1 Å². The lowest BCUT2D eigenvalue weighted by atomic mass is 10.1. The summed E-state index contributed by atoms with van der Waals surface area (Å²) in [5.41, 5.74) is 3.12. The first-order chi connectivity index (χ1) is 16.5. The van der Waals surface area contributed by atoms with Gasteiger partial charge in [0, 0.05) is 35.4 Å². The molecule has 34 heavy (non-hydrogen) atoms. The van der Waals surface area contributed by atoms with Crippen LogP contribution >= 0.6 is 23.4 Å². The van der Waals surface area contributed by atoms with Gasteiger partial charge in [-0.15, -0.1) is 10.2 Å². The third-order valence-corrected chi connectivity index (χ3v) is 6.16. The number of aromatic nitrogens is 3. The molecule has 0 radical (unpaired) electrons. The summed E-state index contributed by atoms with van der Waals surface area (Å²) in [5.74, 6) is 0.546. The molecule has 0 saturated carbocycles. The summed E-state index contributed by atoms with van der Waals surface area (Å²) >= 11 is 7.37. The van der Waals surface area contributed by atoms with Crippen molar-refractivity contribution in [3.05, 3.63) is 101 Å². The fourth-order valence-corrected chi connectivity index (χ4v) is 4.21. The summed E-state index contributed by atoms with van der Waals surface area (Å²) in [6, 6.07) is 24.2. The van der Waals surface area contributed by atoms with E-state index >= 15 is 0 Å². The van der Waals surface area contributed by atoms with E-state index in [4.69, 9.17) is 11.6 Å². The first-order valence-corrected chi connectivity index (χ1v) is 11.9. The van der Waals surface area contributed by atoms with Gasteiger partial charge in [0.2, 0.25) is 5.91 Å². The minimum Gasteiger partial charge on any atom is -0.355 e. The predicted octanol–water partition coefficient (Wildman–Crippen LogP) is 4.60. The van der Waals surface area contributed by atoms with Crippen molar-refractivity contribution in [3.8, 4) is 5.69 Å². The quantitative estimate of drug-likeness (QED) is 0.351. The number of hydrogen-bond acceptors (Lipinski definition) is 5. The highest BCUT2D eigenvalue weighted by molar-refractivity contribution is 7.99. The van der Waals surface area contributed by atoms with Crippen LogP contribution in [0.2, 0.25) is 5.02 Å². The highest BCUT2D eigenvalue weighted by atomic mass is 35.5. The summed E-state index contributed by atoms with van der Waals surface area (Å²) < 4.78 is 1.94. The molecule has 0 bridgehead atoms. The van der Waals surface area contributed by atoms with Gasteiger partial charge >= 0.3 is 0 Å². The van der Waals surface area contributed by atoms with Gasteiger partial charge in [0.1, 0.15) is 5.82 Å². The molecular formula is C25H22ClN5O2S. The largest absolute Gasteiger partial charge is 0.355 e. The summed E-state index contributed by atoms with van der Waals surface area (Å²) in [6.45, 7) is 0. The maximum absolute atomic E-state index is 12.6. The third-order valence-electron chi connectivity index (χ3n) is 4.98. The molecule has 1 heterocycles. The standard InChI is InChI=1S/C25H22ClN5O2S/c1-27-24(33)18-7-11-20(12-8-18)28-23(32)16-34-25-30-29-22(15-17-5-3-2-4-6-17)31(25)21-13-9-19(26)10-14-21/h2-14H,15-16H2,1H3,(H,27,33)(H,28,32). The Balaban J connectivity index is 1.49. The molecule has 0 fully saturated rings. The lowest BCUT2D eigenvalue weighted by Crippen LogP contribution is -2.18. The highest BCUT2D eigenvalue weighted by Gasteiger charge is 2.16. The summed E-state index contributed by atoms with van der Waals surface area (Å²) in [4.78, 5) is 24.2. The van der Waals surface area contributed by atoms with Gasteiger partial charge in [-0.1, -0.05) is 53.7 Å². The molecule has 4 aromatic rings. The number of hydrogen-bond donors (Lipinski definition) is 2. The van der Waals surface area contributed by atoms with Crippen molar-refractivity contribution in [2.45, 2.75) is 11.6 Å². The van der Waals surface area contributed by atoms with E-state index in [-0.39, 0.29) is 17.6 Å². The van der Waals surface area contributed by atoms with Gasteiger partial charge in [-0.3, -0.25) is 14.2 Å². The Hall–Kier alpha value is -3.62. The number of rotatable bonds is 8. The Bertz CT molecular complexity index is 1280. The molecule has 4 rings (SSSR count). The van der Waals surface area contributed by atoms with Crippen LogP contribution in [-0.4, -0.2) is 39.4 Å². The summed E-state index contributed by atoms with van der Waals surface area (Å²) in [5, 5.41) is 15.4. The van der Waals surface area contributed by atoms with Gasteiger partial charge in [-0.2, -0.15) is 0 Å². The maximum Gasteiger partial charge on any atom is 0.251 e. The van der Waals surface area contributed by atoms with Crippen LogP contribution in [0, 0.1) is 0 Å². The van der Waals surface area contributed by atoms with Crippen LogP contribution < -0.4 is 10.6 Å². The van der Waals surface area contributed by atoms with Crippen LogP contribution in [0.1, 0.15) is 21.7 Å². The Morgan fingerprint density at radius 1 is 0.941 bits per heavy atom. The molecule has 2 N–H and O–H groups in total. The van der Waals surface area contributed by atoms with E-state index in [1.165, 1.54) is 11.8 Å². The van der Waals surface area contributed by atoms with E-state index in [9.17, 15) is 9.59 Å². The fourth-order valence-electron chi connectivity index (χ4n) is 3.31. The third kappa shape index (κ3) is 5.84. The van der Waals surface area contributed by atoms with Crippen molar-refractivity contribution in [3.63, 3.8) is 0 Å². The van der Waals surface area contributed by atoms with Gasteiger partial charge < -0.3 is 10.6 Å². The molecule has 1 aromatic heterocycles. The first kappa shape index (κ1) is 23.5. The van der Waals surface area contributed by atoms with Crippen molar-refractivity contribution in [2.75, 3.05) is 18.1 Å². The van der Waals surface area contributed by atoms with Gasteiger partial charge in [-0.05, 0) is 54.1 Å². The van der Waals surface area contributed by atoms with Crippen LogP contribution in [0.5, 0.6) is 0 Å². The second-order valence-electron chi connectivity index (χ2n) is 7.37. The minimum atomic E-state index is -0.187. The van der Waals surface area contributed by atoms with Crippen LogP contribution in [0.15, 0.2) is 84.0 Å². The SMILES string of the molecule is CNC(=O)c1ccc(NC(=O)CSc2nnc(Cc3ccccc3)n2-c2ccc(Cl)cc2)cc1. The van der Waals surface area contributed by atoms with Crippen LogP contribution in [0.4, 0.5) is 5.69 Å². The number of carbonyl (C=O) groups excluding carboxylic acids is 2. The number of anilines is 1. The van der Waals surface area contributed by atoms with Crippen LogP contribution in [0.25, 0.3) is 5.69 Å². The molecule has 0 unspecified atom stereocenters. The molecule has 7 nitrogen and oxygen atoms in total. The molecule has 0 aliphatic heterocycles. The zero-order valence-electron chi connectivity index (χ0n) is 18.4. The number of nitrogens with one attached hydrogen (secondary N) is 2. The van der Waals surface area contributed by atoms with Crippen molar-refractivity contribution in [1.29, 1.82) is 0 Å². The second kappa shape index (κ2) is 11.0. The monoisotopic (exact) mass is 491 g/mol. The van der Waals surface area contributed by atoms with Crippen molar-refractivity contribution >= 4 is 40.9 Å². The fraction of sp³-hybridized carbons (Fsp3) is 0.120. The Morgan fingerprint density at radius 3 is 2.32 bits per heavy atom. The van der Waals surface area contributed by atoms with Crippen molar-refractivity contribution in [2.24, 2.45) is 0 Å². The normalized spacial score (nSPS) is 10.6. The summed E-state index contributed by atoms with van der Waals surface area (Å²) in [7, 11) is 1.57. The number of carbonyl (C=O) groups is 2. The molecule has 0 saturated heterocycles. The maximum atomic E-state index is 12.6. The predicted molar refractivity (Wildman–Crippen MR) is 135 cm³/mol. The molecule has 9 heteroatoms. The number of amides is 2. The lowest BCUT2D eigenvalue weighted by molar-refractivity contribution is -0.113. The number of nitrogens with zero attached hydrogens (tertiary/aromatic N) is 3. The highest BCUT2D eigenvalue weighted by Crippen LogP contribution is 2.25. The van der Waals surface area contributed by atoms with Gasteiger partial charge in [0.15, 0.2) is 5.16 Å². The minimum absolute atomic E-state index is 0.147. The van der Waals surface area contributed by atoms with E-state index < -0.39 is 0 Å². The van der Waals surface area contributed by atoms with Gasteiger partial charge in [0.05, 0.1) is 5.75 Å². The molecule has 2 amide bonds. The average Bonchev–Trinajstić information content (AvgIpc) is 3.26. The molecular weight excluding hydrogens is 470 g/mol. The molecule has 172 valence electrons. The zero-order chi connectivity index (χ0) is 23.9. The first-order valence-electron chi connectivity index (χ1n) is 10.5. The Kier molecular flexibility index (Phi) is 7.61. The number of thioether (sulfide) groups is 1. The molecule has 0 aliphatic rings. The second-order valence-corrected chi connectivity index (χ2v) is 8.75.